The maximum Gasteiger partial charge on any atom is 0.236 e. The highest BCUT2D eigenvalue weighted by Crippen LogP contribution is 2.18. The number of nitrogens with zero attached hydrogens (tertiary/aromatic N) is 1. The molecule has 0 bridgehead atoms. The molecule has 1 aliphatic rings. The summed E-state index contributed by atoms with van der Waals surface area (Å²) in [4.78, 5) is 13.7. The molecule has 0 spiro atoms. The Kier molecular flexibility index (Phi) is 7.05. The van der Waals surface area contributed by atoms with E-state index in [0.29, 0.717) is 0 Å². The summed E-state index contributed by atoms with van der Waals surface area (Å²) in [6, 6.07) is 0. The largest absolute Gasteiger partial charge is 0.381 e. The second-order valence-electron chi connectivity index (χ2n) is 4.25. The number of rotatable bonds is 7. The first-order valence-corrected chi connectivity index (χ1v) is 7.18. The van der Waals surface area contributed by atoms with Crippen LogP contribution in [0.1, 0.15) is 39.0 Å². The van der Waals surface area contributed by atoms with Gasteiger partial charge in [-0.15, -0.1) is 0 Å². The number of alkyl halides is 1. The van der Waals surface area contributed by atoms with Gasteiger partial charge in [-0.3, -0.25) is 4.79 Å². The molecule has 1 atom stereocenters. The number of carbonyl (C=O) groups is 1. The summed E-state index contributed by atoms with van der Waals surface area (Å²) in [6.45, 7) is 5.54. The van der Waals surface area contributed by atoms with Crippen LogP contribution in [-0.4, -0.2) is 41.9 Å². The molecular weight excluding hydrogens is 270 g/mol. The van der Waals surface area contributed by atoms with E-state index in [1.165, 1.54) is 6.42 Å². The average molecular weight is 292 g/mol. The zero-order valence-electron chi connectivity index (χ0n) is 10.1. The Bertz CT molecular complexity index is 211. The number of ether oxygens (including phenoxy) is 1. The predicted molar refractivity (Wildman–Crippen MR) is 68.9 cm³/mol. The van der Waals surface area contributed by atoms with Gasteiger partial charge in [-0.25, -0.2) is 0 Å². The molecule has 1 heterocycles. The zero-order chi connectivity index (χ0) is 11.8. The fraction of sp³-hybridized carbons (Fsp3) is 0.917. The molecule has 0 saturated carbocycles. The second-order valence-corrected chi connectivity index (χ2v) is 5.36. The molecule has 1 amide bonds. The van der Waals surface area contributed by atoms with Gasteiger partial charge < -0.3 is 9.64 Å². The number of unbranched alkanes of at least 4 members (excludes halogenated alkanes) is 1. The van der Waals surface area contributed by atoms with E-state index in [1.807, 2.05) is 4.90 Å². The van der Waals surface area contributed by atoms with Crippen LogP contribution < -0.4 is 0 Å². The topological polar surface area (TPSA) is 29.5 Å². The molecule has 1 fully saturated rings. The molecular formula is C12H22BrNO2. The molecule has 1 unspecified atom stereocenters. The summed E-state index contributed by atoms with van der Waals surface area (Å²) in [6.07, 6.45) is 5.35. The van der Waals surface area contributed by atoms with E-state index in [9.17, 15) is 4.79 Å². The minimum atomic E-state index is 0.0438. The molecule has 1 saturated heterocycles. The zero-order valence-corrected chi connectivity index (χ0v) is 11.7. The Hall–Kier alpha value is -0.0900. The lowest BCUT2D eigenvalue weighted by molar-refractivity contribution is -0.132. The van der Waals surface area contributed by atoms with Crippen molar-refractivity contribution in [1.82, 2.24) is 4.90 Å². The van der Waals surface area contributed by atoms with Gasteiger partial charge in [-0.1, -0.05) is 29.3 Å². The van der Waals surface area contributed by atoms with Crippen molar-refractivity contribution in [3.8, 4) is 0 Å². The molecule has 3 nitrogen and oxygen atoms in total. The lowest BCUT2D eigenvalue weighted by atomic mass is 10.1. The SMILES string of the molecule is CCCCOCCCN1CCCC(Br)C1=O. The molecule has 0 aromatic rings. The van der Waals surface area contributed by atoms with Gasteiger partial charge in [0.15, 0.2) is 0 Å². The van der Waals surface area contributed by atoms with Gasteiger partial charge in [-0.05, 0) is 25.7 Å². The predicted octanol–water partition coefficient (Wildman–Crippen LogP) is 2.58. The van der Waals surface area contributed by atoms with Crippen LogP contribution in [0.4, 0.5) is 0 Å². The Morgan fingerprint density at radius 1 is 1.44 bits per heavy atom. The standard InChI is InChI=1S/C12H22BrNO2/c1-2-3-9-16-10-5-8-14-7-4-6-11(13)12(14)15/h11H,2-10H2,1H3. The van der Waals surface area contributed by atoms with E-state index in [1.54, 1.807) is 0 Å². The molecule has 1 aliphatic heterocycles. The molecule has 0 aliphatic carbocycles. The van der Waals surface area contributed by atoms with Crippen molar-refractivity contribution in [2.45, 2.75) is 43.9 Å². The van der Waals surface area contributed by atoms with Crippen molar-refractivity contribution in [3.05, 3.63) is 0 Å². The van der Waals surface area contributed by atoms with E-state index in [4.69, 9.17) is 4.74 Å². The van der Waals surface area contributed by atoms with Crippen molar-refractivity contribution < 1.29 is 9.53 Å². The third kappa shape index (κ3) is 4.83. The van der Waals surface area contributed by atoms with Gasteiger partial charge in [-0.2, -0.15) is 0 Å². The highest BCUT2D eigenvalue weighted by atomic mass is 79.9. The van der Waals surface area contributed by atoms with Crippen molar-refractivity contribution in [1.29, 1.82) is 0 Å². The minimum Gasteiger partial charge on any atom is -0.381 e. The van der Waals surface area contributed by atoms with Crippen LogP contribution in [0, 0.1) is 0 Å². The van der Waals surface area contributed by atoms with E-state index >= 15 is 0 Å². The van der Waals surface area contributed by atoms with Crippen molar-refractivity contribution >= 4 is 21.8 Å². The third-order valence-corrected chi connectivity index (χ3v) is 3.67. The van der Waals surface area contributed by atoms with E-state index in [0.717, 1.165) is 52.0 Å². The summed E-state index contributed by atoms with van der Waals surface area (Å²) in [5, 5.41) is 0. The van der Waals surface area contributed by atoms with Crippen molar-refractivity contribution in [2.24, 2.45) is 0 Å². The summed E-state index contributed by atoms with van der Waals surface area (Å²) in [7, 11) is 0. The van der Waals surface area contributed by atoms with E-state index < -0.39 is 0 Å². The van der Waals surface area contributed by atoms with Crippen LogP contribution in [0.2, 0.25) is 0 Å². The number of piperidine rings is 1. The number of hydrogen-bond donors (Lipinski definition) is 0. The van der Waals surface area contributed by atoms with Crippen LogP contribution in [0.15, 0.2) is 0 Å². The number of hydrogen-bond acceptors (Lipinski definition) is 2. The van der Waals surface area contributed by atoms with Crippen LogP contribution in [0.25, 0.3) is 0 Å². The Morgan fingerprint density at radius 3 is 2.94 bits per heavy atom. The third-order valence-electron chi connectivity index (χ3n) is 2.82. The summed E-state index contributed by atoms with van der Waals surface area (Å²) in [5.41, 5.74) is 0. The quantitative estimate of drug-likeness (QED) is 0.533. The fourth-order valence-electron chi connectivity index (χ4n) is 1.82. The smallest absolute Gasteiger partial charge is 0.236 e. The monoisotopic (exact) mass is 291 g/mol. The lowest BCUT2D eigenvalue weighted by Crippen LogP contribution is -2.42. The maximum absolute atomic E-state index is 11.7. The van der Waals surface area contributed by atoms with Crippen molar-refractivity contribution in [2.75, 3.05) is 26.3 Å². The van der Waals surface area contributed by atoms with Gasteiger partial charge in [0.1, 0.15) is 0 Å². The normalized spacial score (nSPS) is 21.5. The summed E-state index contributed by atoms with van der Waals surface area (Å²) < 4.78 is 5.48. The second kappa shape index (κ2) is 8.07. The minimum absolute atomic E-state index is 0.0438. The van der Waals surface area contributed by atoms with Gasteiger partial charge in [0.2, 0.25) is 5.91 Å². The van der Waals surface area contributed by atoms with Crippen LogP contribution in [0.5, 0.6) is 0 Å². The number of amides is 1. The van der Waals surface area contributed by atoms with Gasteiger partial charge >= 0.3 is 0 Å². The first kappa shape index (κ1) is 14.0. The first-order valence-electron chi connectivity index (χ1n) is 6.26. The van der Waals surface area contributed by atoms with Gasteiger partial charge in [0.05, 0.1) is 4.83 Å². The highest BCUT2D eigenvalue weighted by molar-refractivity contribution is 9.10. The van der Waals surface area contributed by atoms with Gasteiger partial charge in [0.25, 0.3) is 0 Å². The molecule has 0 N–H and O–H groups in total. The summed E-state index contributed by atoms with van der Waals surface area (Å²) >= 11 is 3.41. The Balaban J connectivity index is 2.05. The fourth-order valence-corrected chi connectivity index (χ4v) is 2.43. The number of likely N-dealkylation sites (tertiary alicyclic amines) is 1. The van der Waals surface area contributed by atoms with Crippen molar-refractivity contribution in [3.63, 3.8) is 0 Å². The molecule has 0 aromatic carbocycles. The Labute approximate surface area is 107 Å². The number of carbonyl (C=O) groups excluding carboxylic acids is 1. The van der Waals surface area contributed by atoms with E-state index in [-0.39, 0.29) is 10.7 Å². The Morgan fingerprint density at radius 2 is 2.19 bits per heavy atom. The van der Waals surface area contributed by atoms with Gasteiger partial charge in [0, 0.05) is 26.3 Å². The van der Waals surface area contributed by atoms with Crippen LogP contribution in [0.3, 0.4) is 0 Å². The lowest BCUT2D eigenvalue weighted by Gasteiger charge is -2.29. The van der Waals surface area contributed by atoms with E-state index in [2.05, 4.69) is 22.9 Å². The highest BCUT2D eigenvalue weighted by Gasteiger charge is 2.25. The average Bonchev–Trinajstić information content (AvgIpc) is 2.29. The molecule has 4 heteroatoms. The van der Waals surface area contributed by atoms with Crippen LogP contribution in [-0.2, 0) is 9.53 Å². The number of halogens is 1. The molecule has 0 radical (unpaired) electrons. The molecule has 0 aromatic heterocycles. The maximum atomic E-state index is 11.7. The molecule has 94 valence electrons. The van der Waals surface area contributed by atoms with Crippen LogP contribution >= 0.6 is 15.9 Å². The molecule has 16 heavy (non-hydrogen) atoms. The summed E-state index contributed by atoms with van der Waals surface area (Å²) in [5.74, 6) is 0.250. The molecule has 1 rings (SSSR count). The first-order chi connectivity index (χ1) is 7.75.